The van der Waals surface area contributed by atoms with Gasteiger partial charge in [0.25, 0.3) is 0 Å². The van der Waals surface area contributed by atoms with Crippen LogP contribution in [-0.4, -0.2) is 38.2 Å². The SMILES string of the molecule is Cc1cccc(N(CC2=NCCN2)CC(F)(F)F)c1C. The lowest BCUT2D eigenvalue weighted by molar-refractivity contribution is -0.119. The molecule has 0 fully saturated rings. The van der Waals surface area contributed by atoms with Crippen molar-refractivity contribution in [1.29, 1.82) is 0 Å². The number of nitrogens with one attached hydrogen (secondary N) is 1. The number of benzene rings is 1. The predicted octanol–water partition coefficient (Wildman–Crippen LogP) is 2.67. The second kappa shape index (κ2) is 5.73. The van der Waals surface area contributed by atoms with Crippen LogP contribution in [0.2, 0.25) is 0 Å². The summed E-state index contributed by atoms with van der Waals surface area (Å²) in [6, 6.07) is 5.41. The van der Waals surface area contributed by atoms with Gasteiger partial charge in [-0.25, -0.2) is 0 Å². The molecule has 1 aliphatic heterocycles. The topological polar surface area (TPSA) is 27.6 Å². The van der Waals surface area contributed by atoms with E-state index in [1.54, 1.807) is 12.1 Å². The smallest absolute Gasteiger partial charge is 0.370 e. The maximum absolute atomic E-state index is 12.8. The molecule has 0 unspecified atom stereocenters. The second-order valence-corrected chi connectivity index (χ2v) is 4.95. The van der Waals surface area contributed by atoms with Gasteiger partial charge in [0.1, 0.15) is 12.4 Å². The van der Waals surface area contributed by atoms with Crippen LogP contribution in [-0.2, 0) is 0 Å². The van der Waals surface area contributed by atoms with Crippen molar-refractivity contribution in [1.82, 2.24) is 5.32 Å². The van der Waals surface area contributed by atoms with E-state index in [9.17, 15) is 13.2 Å². The van der Waals surface area contributed by atoms with Gasteiger partial charge >= 0.3 is 6.18 Å². The molecule has 1 aliphatic rings. The number of hydrogen-bond acceptors (Lipinski definition) is 3. The highest BCUT2D eigenvalue weighted by Gasteiger charge is 2.32. The third kappa shape index (κ3) is 3.65. The van der Waals surface area contributed by atoms with Gasteiger partial charge in [-0.1, -0.05) is 12.1 Å². The number of aryl methyl sites for hydroxylation is 1. The van der Waals surface area contributed by atoms with Crippen LogP contribution in [0.5, 0.6) is 0 Å². The molecule has 0 bridgehead atoms. The fourth-order valence-corrected chi connectivity index (χ4v) is 2.25. The van der Waals surface area contributed by atoms with Gasteiger partial charge in [0, 0.05) is 12.2 Å². The molecule has 110 valence electrons. The van der Waals surface area contributed by atoms with Gasteiger partial charge < -0.3 is 10.2 Å². The Balaban J connectivity index is 2.27. The highest BCUT2D eigenvalue weighted by molar-refractivity contribution is 5.88. The molecule has 1 aromatic rings. The van der Waals surface area contributed by atoms with Crippen molar-refractivity contribution in [3.8, 4) is 0 Å². The summed E-state index contributed by atoms with van der Waals surface area (Å²) in [6.07, 6.45) is -4.24. The van der Waals surface area contributed by atoms with Crippen LogP contribution in [0.3, 0.4) is 0 Å². The summed E-state index contributed by atoms with van der Waals surface area (Å²) >= 11 is 0. The lowest BCUT2D eigenvalue weighted by atomic mass is 10.1. The van der Waals surface area contributed by atoms with Gasteiger partial charge in [-0.3, -0.25) is 4.99 Å². The molecule has 0 amide bonds. The first kappa shape index (κ1) is 14.7. The van der Waals surface area contributed by atoms with Gasteiger partial charge in [-0.15, -0.1) is 0 Å². The van der Waals surface area contributed by atoms with Crippen molar-refractivity contribution >= 4 is 11.5 Å². The van der Waals surface area contributed by atoms with E-state index in [-0.39, 0.29) is 6.54 Å². The molecular weight excluding hydrogens is 267 g/mol. The Kier molecular flexibility index (Phi) is 4.20. The van der Waals surface area contributed by atoms with E-state index in [2.05, 4.69) is 10.3 Å². The van der Waals surface area contributed by atoms with Crippen molar-refractivity contribution in [3.05, 3.63) is 29.3 Å². The Morgan fingerprint density at radius 2 is 2.05 bits per heavy atom. The van der Waals surface area contributed by atoms with Gasteiger partial charge in [0.15, 0.2) is 0 Å². The Morgan fingerprint density at radius 1 is 1.30 bits per heavy atom. The summed E-state index contributed by atoms with van der Waals surface area (Å²) in [5.41, 5.74) is 2.46. The molecule has 3 nitrogen and oxygen atoms in total. The quantitative estimate of drug-likeness (QED) is 0.921. The standard InChI is InChI=1S/C14H18F3N3/c1-10-4-3-5-12(11(10)2)20(9-14(15,16)17)8-13-18-6-7-19-13/h3-5H,6-9H2,1-2H3,(H,18,19). The fraction of sp³-hybridized carbons (Fsp3) is 0.500. The molecule has 0 atom stereocenters. The van der Waals surface area contributed by atoms with Crippen LogP contribution in [0.15, 0.2) is 23.2 Å². The van der Waals surface area contributed by atoms with Gasteiger partial charge in [-0.2, -0.15) is 13.2 Å². The summed E-state index contributed by atoms with van der Waals surface area (Å²) in [6.45, 7) is 4.25. The first-order chi connectivity index (χ1) is 9.37. The van der Waals surface area contributed by atoms with Crippen molar-refractivity contribution < 1.29 is 13.2 Å². The lowest BCUT2D eigenvalue weighted by Crippen LogP contribution is -2.41. The van der Waals surface area contributed by atoms with Crippen LogP contribution < -0.4 is 10.2 Å². The molecule has 1 heterocycles. The molecule has 0 radical (unpaired) electrons. The summed E-state index contributed by atoms with van der Waals surface area (Å²) in [7, 11) is 0. The molecular formula is C14H18F3N3. The number of alkyl halides is 3. The van der Waals surface area contributed by atoms with Crippen LogP contribution in [0.1, 0.15) is 11.1 Å². The Labute approximate surface area is 116 Å². The van der Waals surface area contributed by atoms with Crippen LogP contribution in [0, 0.1) is 13.8 Å². The van der Waals surface area contributed by atoms with Crippen molar-refractivity contribution in [2.45, 2.75) is 20.0 Å². The molecule has 2 rings (SSSR count). The van der Waals surface area contributed by atoms with Gasteiger partial charge in [-0.05, 0) is 31.0 Å². The summed E-state index contributed by atoms with van der Waals surface area (Å²) in [4.78, 5) is 5.51. The lowest BCUT2D eigenvalue weighted by Gasteiger charge is -2.28. The molecule has 6 heteroatoms. The van der Waals surface area contributed by atoms with Crippen molar-refractivity contribution in [2.75, 3.05) is 31.1 Å². The summed E-state index contributed by atoms with van der Waals surface area (Å²) in [5, 5.41) is 3.02. The zero-order valence-corrected chi connectivity index (χ0v) is 11.6. The van der Waals surface area contributed by atoms with E-state index in [4.69, 9.17) is 0 Å². The van der Waals surface area contributed by atoms with Crippen molar-refractivity contribution in [3.63, 3.8) is 0 Å². The number of aliphatic imine (C=N–C) groups is 1. The van der Waals surface area contributed by atoms with E-state index < -0.39 is 12.7 Å². The normalized spacial score (nSPS) is 14.9. The molecule has 1 N–H and O–H groups in total. The van der Waals surface area contributed by atoms with Crippen LogP contribution in [0.4, 0.5) is 18.9 Å². The second-order valence-electron chi connectivity index (χ2n) is 4.95. The van der Waals surface area contributed by atoms with E-state index >= 15 is 0 Å². The maximum Gasteiger partial charge on any atom is 0.405 e. The average Bonchev–Trinajstić information content (AvgIpc) is 2.83. The van der Waals surface area contributed by atoms with E-state index in [0.717, 1.165) is 11.1 Å². The molecule has 20 heavy (non-hydrogen) atoms. The van der Waals surface area contributed by atoms with E-state index in [1.165, 1.54) is 4.90 Å². The highest BCUT2D eigenvalue weighted by atomic mass is 19.4. The monoisotopic (exact) mass is 285 g/mol. The Bertz CT molecular complexity index is 509. The van der Waals surface area contributed by atoms with E-state index in [1.807, 2.05) is 19.9 Å². The summed E-state index contributed by atoms with van der Waals surface area (Å²) < 4.78 is 38.4. The highest BCUT2D eigenvalue weighted by Crippen LogP contribution is 2.26. The number of amidine groups is 1. The molecule has 1 aromatic carbocycles. The summed E-state index contributed by atoms with van der Waals surface area (Å²) in [5.74, 6) is 0.621. The molecule has 0 aliphatic carbocycles. The van der Waals surface area contributed by atoms with Gasteiger partial charge in [0.05, 0.1) is 13.1 Å². The maximum atomic E-state index is 12.8. The Hall–Kier alpha value is -1.72. The Morgan fingerprint density at radius 3 is 2.65 bits per heavy atom. The zero-order chi connectivity index (χ0) is 14.8. The number of halogens is 3. The third-order valence-corrected chi connectivity index (χ3v) is 3.37. The van der Waals surface area contributed by atoms with E-state index in [0.29, 0.717) is 24.6 Å². The largest absolute Gasteiger partial charge is 0.405 e. The first-order valence-corrected chi connectivity index (χ1v) is 6.52. The van der Waals surface area contributed by atoms with Crippen LogP contribution >= 0.6 is 0 Å². The zero-order valence-electron chi connectivity index (χ0n) is 11.6. The fourth-order valence-electron chi connectivity index (χ4n) is 2.25. The minimum atomic E-state index is -4.24. The molecule has 0 spiro atoms. The molecule has 0 saturated heterocycles. The number of nitrogens with zero attached hydrogens (tertiary/aromatic N) is 2. The van der Waals surface area contributed by atoms with Gasteiger partial charge in [0.2, 0.25) is 0 Å². The van der Waals surface area contributed by atoms with Crippen molar-refractivity contribution in [2.24, 2.45) is 4.99 Å². The number of rotatable bonds is 4. The average molecular weight is 285 g/mol. The predicted molar refractivity (Wildman–Crippen MR) is 74.5 cm³/mol. The molecule has 0 aromatic heterocycles. The molecule has 0 saturated carbocycles. The van der Waals surface area contributed by atoms with Crippen LogP contribution in [0.25, 0.3) is 0 Å². The third-order valence-electron chi connectivity index (χ3n) is 3.37. The number of hydrogen-bond donors (Lipinski definition) is 1. The number of anilines is 1. The minimum Gasteiger partial charge on any atom is -0.370 e. The first-order valence-electron chi connectivity index (χ1n) is 6.52. The minimum absolute atomic E-state index is 0.157.